The van der Waals surface area contributed by atoms with Crippen molar-refractivity contribution in [1.29, 1.82) is 0 Å². The zero-order chi connectivity index (χ0) is 22.5. The molecule has 5 rings (SSSR count). The van der Waals surface area contributed by atoms with Gasteiger partial charge in [0.05, 0.1) is 24.6 Å². The Labute approximate surface area is 200 Å². The van der Waals surface area contributed by atoms with E-state index in [4.69, 9.17) is 14.0 Å². The lowest BCUT2D eigenvalue weighted by atomic mass is 10.2. The van der Waals surface area contributed by atoms with Gasteiger partial charge >= 0.3 is 0 Å². The maximum Gasteiger partial charge on any atom is 0.227 e. The Kier molecular flexibility index (Phi) is 7.03. The zero-order valence-corrected chi connectivity index (χ0v) is 20.0. The molecule has 10 heteroatoms. The Morgan fingerprint density at radius 3 is 2.88 bits per heavy atom. The fourth-order valence-electron chi connectivity index (χ4n) is 3.75. The van der Waals surface area contributed by atoms with E-state index >= 15 is 0 Å². The zero-order valence-electron chi connectivity index (χ0n) is 18.3. The Balaban J connectivity index is 1.24. The molecule has 0 amide bonds. The summed E-state index contributed by atoms with van der Waals surface area (Å²) in [6.45, 7) is 1.58. The van der Waals surface area contributed by atoms with Crippen LogP contribution in [0.1, 0.15) is 25.2 Å². The monoisotopic (exact) mass is 483 g/mol. The first-order valence-corrected chi connectivity index (χ1v) is 12.8. The van der Waals surface area contributed by atoms with E-state index in [9.17, 15) is 0 Å². The van der Waals surface area contributed by atoms with Crippen molar-refractivity contribution in [1.82, 2.24) is 24.9 Å². The first-order chi connectivity index (χ1) is 16.3. The van der Waals surface area contributed by atoms with Gasteiger partial charge in [0, 0.05) is 24.3 Å². The number of thioether (sulfide) groups is 1. The molecular formula is C23H25N5O3S2. The first-order valence-electron chi connectivity index (χ1n) is 11.0. The number of ether oxygens (including phenoxy) is 2. The third-order valence-corrected chi connectivity index (χ3v) is 7.37. The second-order valence-electron chi connectivity index (χ2n) is 7.72. The number of aromatic nitrogens is 5. The molecule has 3 aromatic heterocycles. The molecule has 1 saturated heterocycles. The van der Waals surface area contributed by atoms with Crippen molar-refractivity contribution in [2.75, 3.05) is 19.5 Å². The lowest BCUT2D eigenvalue weighted by Gasteiger charge is -2.15. The van der Waals surface area contributed by atoms with Gasteiger partial charge < -0.3 is 14.0 Å². The van der Waals surface area contributed by atoms with Gasteiger partial charge in [-0.1, -0.05) is 23.0 Å². The normalized spacial score (nSPS) is 15.8. The summed E-state index contributed by atoms with van der Waals surface area (Å²) in [7, 11) is 1.67. The average molecular weight is 484 g/mol. The first kappa shape index (κ1) is 22.1. The molecular weight excluding hydrogens is 458 g/mol. The van der Waals surface area contributed by atoms with E-state index in [0.29, 0.717) is 11.7 Å². The molecule has 8 nitrogen and oxygen atoms in total. The number of methoxy groups -OCH3 is 1. The maximum absolute atomic E-state index is 5.89. The average Bonchev–Trinajstić information content (AvgIpc) is 3.65. The summed E-state index contributed by atoms with van der Waals surface area (Å²) in [5, 5.41) is 16.0. The van der Waals surface area contributed by atoms with Crippen molar-refractivity contribution < 1.29 is 14.0 Å². The molecule has 0 saturated carbocycles. The second-order valence-corrected chi connectivity index (χ2v) is 9.73. The third kappa shape index (κ3) is 5.29. The van der Waals surface area contributed by atoms with Crippen LogP contribution in [0.15, 0.2) is 51.5 Å². The fourth-order valence-corrected chi connectivity index (χ4v) is 5.29. The fraction of sp³-hybridized carbons (Fsp3) is 0.391. The van der Waals surface area contributed by atoms with E-state index < -0.39 is 0 Å². The van der Waals surface area contributed by atoms with Crippen LogP contribution in [-0.4, -0.2) is 50.5 Å². The quantitative estimate of drug-likeness (QED) is 0.231. The Morgan fingerprint density at radius 2 is 2.12 bits per heavy atom. The highest BCUT2D eigenvalue weighted by molar-refractivity contribution is 7.99. The van der Waals surface area contributed by atoms with E-state index in [1.165, 1.54) is 0 Å². The molecule has 4 aromatic rings. The standard InChI is InChI=1S/C23H25N5O3S2/c1-29-17-10-8-16(9-11-17)22-25-26-23(28(22)15-18-5-2-12-30-18)33-14-4-7-20-24-21(27-31-20)19-6-3-13-32-19/h3,6,8-11,13,18H,2,4-5,7,12,14-15H2,1H3. The van der Waals surface area contributed by atoms with Gasteiger partial charge in [0.25, 0.3) is 0 Å². The molecule has 4 heterocycles. The molecule has 0 radical (unpaired) electrons. The lowest BCUT2D eigenvalue weighted by Crippen LogP contribution is -2.16. The van der Waals surface area contributed by atoms with Crippen molar-refractivity contribution in [3.63, 3.8) is 0 Å². The SMILES string of the molecule is COc1ccc(-c2nnc(SCCCc3nc(-c4cccs4)no3)n2CC2CCCO2)cc1. The van der Waals surface area contributed by atoms with Crippen LogP contribution in [0.5, 0.6) is 5.75 Å². The predicted octanol–water partition coefficient (Wildman–Crippen LogP) is 4.97. The van der Waals surface area contributed by atoms with Crippen molar-refractivity contribution >= 4 is 23.1 Å². The second kappa shape index (κ2) is 10.5. The number of hydrogen-bond donors (Lipinski definition) is 0. The molecule has 33 heavy (non-hydrogen) atoms. The summed E-state index contributed by atoms with van der Waals surface area (Å²) in [6, 6.07) is 11.9. The lowest BCUT2D eigenvalue weighted by molar-refractivity contribution is 0.0953. The number of rotatable bonds is 10. The molecule has 0 aliphatic carbocycles. The van der Waals surface area contributed by atoms with E-state index in [2.05, 4.69) is 24.9 Å². The Morgan fingerprint density at radius 1 is 1.21 bits per heavy atom. The van der Waals surface area contributed by atoms with E-state index in [-0.39, 0.29) is 6.10 Å². The summed E-state index contributed by atoms with van der Waals surface area (Å²) in [4.78, 5) is 5.53. The number of benzene rings is 1. The van der Waals surface area contributed by atoms with Crippen molar-refractivity contribution in [2.24, 2.45) is 0 Å². The minimum absolute atomic E-state index is 0.200. The highest BCUT2D eigenvalue weighted by Gasteiger charge is 2.22. The molecule has 1 aliphatic rings. The molecule has 1 fully saturated rings. The highest BCUT2D eigenvalue weighted by atomic mass is 32.2. The van der Waals surface area contributed by atoms with Crippen LogP contribution in [0.3, 0.4) is 0 Å². The molecule has 1 unspecified atom stereocenters. The van der Waals surface area contributed by atoms with Gasteiger partial charge in [0.1, 0.15) is 5.75 Å². The van der Waals surface area contributed by atoms with Gasteiger partial charge in [-0.15, -0.1) is 21.5 Å². The molecule has 172 valence electrons. The number of nitrogens with zero attached hydrogens (tertiary/aromatic N) is 5. The summed E-state index contributed by atoms with van der Waals surface area (Å²) < 4.78 is 18.8. The van der Waals surface area contributed by atoms with Crippen LogP contribution in [0.4, 0.5) is 0 Å². The molecule has 1 aromatic carbocycles. The van der Waals surface area contributed by atoms with E-state index in [0.717, 1.165) is 71.8 Å². The largest absolute Gasteiger partial charge is 0.497 e. The third-order valence-electron chi connectivity index (χ3n) is 5.45. The van der Waals surface area contributed by atoms with E-state index in [1.807, 2.05) is 41.8 Å². The van der Waals surface area contributed by atoms with Crippen molar-refractivity contribution in [3.8, 4) is 27.8 Å². The minimum atomic E-state index is 0.200. The number of hydrogen-bond acceptors (Lipinski definition) is 9. The van der Waals surface area contributed by atoms with Crippen LogP contribution in [0, 0.1) is 0 Å². The summed E-state index contributed by atoms with van der Waals surface area (Å²) in [5.41, 5.74) is 1.01. The Bertz CT molecular complexity index is 1150. The summed E-state index contributed by atoms with van der Waals surface area (Å²) in [5.74, 6) is 3.88. The van der Waals surface area contributed by atoms with Crippen molar-refractivity contribution in [2.45, 2.75) is 43.5 Å². The van der Waals surface area contributed by atoms with Gasteiger partial charge in [-0.05, 0) is 55.0 Å². The van der Waals surface area contributed by atoms with Gasteiger partial charge in [0.2, 0.25) is 11.7 Å². The molecule has 1 aliphatic heterocycles. The van der Waals surface area contributed by atoms with Crippen LogP contribution in [0.2, 0.25) is 0 Å². The Hall–Kier alpha value is -2.69. The van der Waals surface area contributed by atoms with Crippen LogP contribution in [-0.2, 0) is 17.7 Å². The van der Waals surface area contributed by atoms with Crippen molar-refractivity contribution in [3.05, 3.63) is 47.7 Å². The molecule has 0 bridgehead atoms. The summed E-state index contributed by atoms with van der Waals surface area (Å²) in [6.07, 6.45) is 4.00. The minimum Gasteiger partial charge on any atom is -0.497 e. The van der Waals surface area contributed by atoms with Crippen LogP contribution >= 0.6 is 23.1 Å². The smallest absolute Gasteiger partial charge is 0.227 e. The van der Waals surface area contributed by atoms with Gasteiger partial charge in [-0.25, -0.2) is 0 Å². The molecule has 1 atom stereocenters. The van der Waals surface area contributed by atoms with Crippen LogP contribution < -0.4 is 4.74 Å². The van der Waals surface area contributed by atoms with Gasteiger partial charge in [-0.3, -0.25) is 4.57 Å². The number of thiophene rings is 1. The molecule has 0 N–H and O–H groups in total. The summed E-state index contributed by atoms with van der Waals surface area (Å²) >= 11 is 3.31. The van der Waals surface area contributed by atoms with Crippen LogP contribution in [0.25, 0.3) is 22.1 Å². The topological polar surface area (TPSA) is 88.1 Å². The highest BCUT2D eigenvalue weighted by Crippen LogP contribution is 2.28. The number of aryl methyl sites for hydroxylation is 1. The van der Waals surface area contributed by atoms with Gasteiger partial charge in [-0.2, -0.15) is 4.98 Å². The predicted molar refractivity (Wildman–Crippen MR) is 128 cm³/mol. The van der Waals surface area contributed by atoms with Gasteiger partial charge in [0.15, 0.2) is 11.0 Å². The van der Waals surface area contributed by atoms with E-state index in [1.54, 1.807) is 30.2 Å². The molecule has 0 spiro atoms. The maximum atomic E-state index is 5.89.